The minimum Gasteiger partial charge on any atom is -0.366 e. The van der Waals surface area contributed by atoms with Crippen LogP contribution in [0.5, 0.6) is 0 Å². The Balaban J connectivity index is 1.69. The van der Waals surface area contributed by atoms with E-state index in [1.54, 1.807) is 29.5 Å². The number of benzene rings is 1. The van der Waals surface area contributed by atoms with E-state index in [-0.39, 0.29) is 11.8 Å². The highest BCUT2D eigenvalue weighted by Crippen LogP contribution is 2.37. The van der Waals surface area contributed by atoms with Crippen molar-refractivity contribution in [3.8, 4) is 0 Å². The van der Waals surface area contributed by atoms with Gasteiger partial charge in [0.1, 0.15) is 5.82 Å². The average molecular weight is 364 g/mol. The summed E-state index contributed by atoms with van der Waals surface area (Å²) in [5.41, 5.74) is 9.53. The quantitative estimate of drug-likeness (QED) is 0.778. The molecule has 1 aromatic carbocycles. The predicted molar refractivity (Wildman–Crippen MR) is 102 cm³/mol. The summed E-state index contributed by atoms with van der Waals surface area (Å²) >= 11 is 1.62. The Morgan fingerprint density at radius 1 is 1.38 bits per heavy atom. The van der Waals surface area contributed by atoms with Gasteiger partial charge in [0.05, 0.1) is 6.42 Å². The van der Waals surface area contributed by atoms with Crippen molar-refractivity contribution < 1.29 is 9.59 Å². The highest BCUT2D eigenvalue weighted by atomic mass is 32.1. The van der Waals surface area contributed by atoms with Gasteiger partial charge in [0.2, 0.25) is 11.8 Å². The maximum absolute atomic E-state index is 11.8. The minimum atomic E-state index is -0.474. The molecular weight excluding hydrogens is 348 g/mol. The molecule has 1 aromatic heterocycles. The van der Waals surface area contributed by atoms with E-state index in [0.717, 1.165) is 22.4 Å². The first kappa shape index (κ1) is 16.3. The molecule has 2 aliphatic rings. The maximum atomic E-state index is 11.8. The number of amides is 2. The molecule has 7 heteroatoms. The van der Waals surface area contributed by atoms with Gasteiger partial charge < -0.3 is 16.4 Å². The third-order valence-electron chi connectivity index (χ3n) is 4.36. The topological polar surface area (TPSA) is 96.6 Å². The Labute approximate surface area is 154 Å². The van der Waals surface area contributed by atoms with Crippen LogP contribution < -0.4 is 16.4 Å². The summed E-state index contributed by atoms with van der Waals surface area (Å²) in [6.45, 7) is 0. The van der Waals surface area contributed by atoms with E-state index in [9.17, 15) is 9.59 Å². The Morgan fingerprint density at radius 2 is 2.27 bits per heavy atom. The number of nitrogens with two attached hydrogens (primary N) is 1. The van der Waals surface area contributed by atoms with E-state index >= 15 is 0 Å². The molecule has 1 unspecified atom stereocenters. The molecule has 6 nitrogen and oxygen atoms in total. The van der Waals surface area contributed by atoms with Crippen molar-refractivity contribution >= 4 is 35.1 Å². The number of carbonyl (C=O) groups is 2. The van der Waals surface area contributed by atoms with E-state index in [2.05, 4.69) is 27.1 Å². The van der Waals surface area contributed by atoms with E-state index < -0.39 is 5.91 Å². The molecule has 0 saturated carbocycles. The molecule has 0 saturated heterocycles. The number of nitrogens with one attached hydrogen (secondary N) is 2. The van der Waals surface area contributed by atoms with Gasteiger partial charge in [-0.05, 0) is 46.2 Å². The highest BCUT2D eigenvalue weighted by molar-refractivity contribution is 7.08. The Hall–Kier alpha value is -3.19. The third-order valence-corrected chi connectivity index (χ3v) is 5.06. The third kappa shape index (κ3) is 3.04. The Kier molecular flexibility index (Phi) is 4.14. The van der Waals surface area contributed by atoms with E-state index in [1.165, 1.54) is 0 Å². The molecule has 26 heavy (non-hydrogen) atoms. The minimum absolute atomic E-state index is 0.0282. The van der Waals surface area contributed by atoms with Crippen LogP contribution in [-0.2, 0) is 4.79 Å². The predicted octanol–water partition coefficient (Wildman–Crippen LogP) is 2.74. The van der Waals surface area contributed by atoms with Crippen molar-refractivity contribution in [2.75, 3.05) is 5.32 Å². The normalized spacial score (nSPS) is 20.2. The summed E-state index contributed by atoms with van der Waals surface area (Å²) in [4.78, 5) is 27.6. The van der Waals surface area contributed by atoms with Crippen molar-refractivity contribution in [2.45, 2.75) is 12.3 Å². The van der Waals surface area contributed by atoms with Crippen LogP contribution in [0.4, 0.5) is 5.69 Å². The number of nitrogens with zero attached hydrogens (tertiary/aromatic N) is 1. The van der Waals surface area contributed by atoms with Gasteiger partial charge in [0, 0.05) is 35.2 Å². The fourth-order valence-corrected chi connectivity index (χ4v) is 3.78. The number of hydrogen-bond acceptors (Lipinski definition) is 5. The van der Waals surface area contributed by atoms with Crippen molar-refractivity contribution in [3.05, 3.63) is 75.4 Å². The molecule has 4 N–H and O–H groups in total. The highest BCUT2D eigenvalue weighted by Gasteiger charge is 2.31. The van der Waals surface area contributed by atoms with Gasteiger partial charge in [-0.15, -0.1) is 0 Å². The Bertz CT molecular complexity index is 973. The van der Waals surface area contributed by atoms with Crippen LogP contribution in [0.2, 0.25) is 0 Å². The smallest absolute Gasteiger partial charge is 0.248 e. The van der Waals surface area contributed by atoms with E-state index in [0.29, 0.717) is 17.8 Å². The maximum Gasteiger partial charge on any atom is 0.248 e. The van der Waals surface area contributed by atoms with Gasteiger partial charge in [0.25, 0.3) is 0 Å². The fraction of sp³-hybridized carbons (Fsp3) is 0.105. The zero-order chi connectivity index (χ0) is 18.1. The van der Waals surface area contributed by atoms with Crippen LogP contribution in [0.25, 0.3) is 0 Å². The molecule has 2 aromatic rings. The van der Waals surface area contributed by atoms with Crippen molar-refractivity contribution in [3.63, 3.8) is 0 Å². The lowest BCUT2D eigenvalue weighted by Crippen LogP contribution is -2.16. The summed E-state index contributed by atoms with van der Waals surface area (Å²) < 4.78 is 0. The lowest BCUT2D eigenvalue weighted by Gasteiger charge is -2.21. The first-order chi connectivity index (χ1) is 12.6. The second kappa shape index (κ2) is 6.61. The summed E-state index contributed by atoms with van der Waals surface area (Å²) in [6.07, 6.45) is 4.03. The molecule has 0 fully saturated rings. The number of thiophene rings is 1. The summed E-state index contributed by atoms with van der Waals surface area (Å²) in [6, 6.07) is 9.04. The average Bonchev–Trinajstić information content (AvgIpc) is 3.28. The van der Waals surface area contributed by atoms with Gasteiger partial charge in [0.15, 0.2) is 0 Å². The number of carbonyl (C=O) groups excluding carboxylic acids is 2. The Morgan fingerprint density at radius 3 is 3.04 bits per heavy atom. The molecule has 0 spiro atoms. The SMILES string of the molecule is NC(=O)c1cccc(NC=C2C3=C(N=CC2c2ccsc2)NC(=O)C3)c1. The van der Waals surface area contributed by atoms with Crippen LogP contribution in [-0.4, -0.2) is 18.0 Å². The van der Waals surface area contributed by atoms with Crippen LogP contribution in [0.15, 0.2) is 69.3 Å². The van der Waals surface area contributed by atoms with Crippen LogP contribution in [0.3, 0.4) is 0 Å². The summed E-state index contributed by atoms with van der Waals surface area (Å²) in [5.74, 6) is 0.0533. The monoisotopic (exact) mass is 364 g/mol. The van der Waals surface area contributed by atoms with Crippen molar-refractivity contribution in [1.29, 1.82) is 0 Å². The van der Waals surface area contributed by atoms with E-state index in [1.807, 2.05) is 23.9 Å². The van der Waals surface area contributed by atoms with Gasteiger partial charge in [-0.1, -0.05) is 6.07 Å². The zero-order valence-electron chi connectivity index (χ0n) is 13.7. The number of hydrogen-bond donors (Lipinski definition) is 3. The van der Waals surface area contributed by atoms with Crippen LogP contribution in [0.1, 0.15) is 28.3 Å². The molecule has 3 heterocycles. The molecule has 130 valence electrons. The molecular formula is C19H16N4O2S. The zero-order valence-corrected chi connectivity index (χ0v) is 14.5. The molecule has 0 radical (unpaired) electrons. The van der Waals surface area contributed by atoms with Gasteiger partial charge >= 0.3 is 0 Å². The largest absolute Gasteiger partial charge is 0.366 e. The van der Waals surface area contributed by atoms with Gasteiger partial charge in [-0.3, -0.25) is 9.59 Å². The van der Waals surface area contributed by atoms with Crippen molar-refractivity contribution in [2.24, 2.45) is 10.7 Å². The van der Waals surface area contributed by atoms with Crippen molar-refractivity contribution in [1.82, 2.24) is 5.32 Å². The summed E-state index contributed by atoms with van der Waals surface area (Å²) in [5, 5.41) is 10.1. The number of primary amides is 1. The fourth-order valence-electron chi connectivity index (χ4n) is 3.08. The number of rotatable bonds is 4. The molecule has 0 aliphatic carbocycles. The first-order valence-corrected chi connectivity index (χ1v) is 9.02. The van der Waals surface area contributed by atoms with Crippen LogP contribution >= 0.6 is 11.3 Å². The molecule has 2 amide bonds. The second-order valence-electron chi connectivity index (χ2n) is 6.05. The number of anilines is 1. The lowest BCUT2D eigenvalue weighted by atomic mass is 9.87. The lowest BCUT2D eigenvalue weighted by molar-refractivity contribution is -0.118. The number of allylic oxidation sites excluding steroid dienone is 1. The first-order valence-electron chi connectivity index (χ1n) is 8.08. The number of aliphatic imine (C=N–C) groups is 1. The summed E-state index contributed by atoms with van der Waals surface area (Å²) in [7, 11) is 0. The second-order valence-corrected chi connectivity index (χ2v) is 6.83. The van der Waals surface area contributed by atoms with Gasteiger partial charge in [-0.2, -0.15) is 11.3 Å². The van der Waals surface area contributed by atoms with Gasteiger partial charge in [-0.25, -0.2) is 4.99 Å². The standard InChI is InChI=1S/C19H16N4O2S/c20-18(25)11-2-1-3-13(6-11)21-9-16-14-7-17(24)23-19(14)22-8-15(16)12-4-5-26-10-12/h1-6,8-10,15,21H,7H2,(H2,20,25)(H,23,24). The van der Waals surface area contributed by atoms with Crippen LogP contribution in [0, 0.1) is 0 Å². The molecule has 0 bridgehead atoms. The molecule has 4 rings (SSSR count). The molecule has 2 aliphatic heterocycles. The molecule has 1 atom stereocenters. The van der Waals surface area contributed by atoms with E-state index in [4.69, 9.17) is 5.73 Å².